The number of rotatable bonds is 4. The van der Waals surface area contributed by atoms with Gasteiger partial charge in [0.05, 0.1) is 11.4 Å². The van der Waals surface area contributed by atoms with E-state index in [9.17, 15) is 9.90 Å². The monoisotopic (exact) mass is 438 g/mol. The number of carbonyl (C=O) groups excluding carboxylic acids is 1. The number of benzene rings is 2. The predicted molar refractivity (Wildman–Crippen MR) is 121 cm³/mol. The molecular formula is C22H19ClN4O2S. The number of carbonyl (C=O) groups is 1. The molecule has 0 bridgehead atoms. The van der Waals surface area contributed by atoms with Crippen LogP contribution in [0, 0.1) is 13.8 Å². The van der Waals surface area contributed by atoms with E-state index >= 15 is 0 Å². The molecule has 4 N–H and O–H groups in total. The van der Waals surface area contributed by atoms with Crippen LogP contribution >= 0.6 is 22.9 Å². The average Bonchev–Trinajstić information content (AvgIpc) is 3.08. The number of nitrogen functional groups attached to an aromatic ring is 1. The van der Waals surface area contributed by atoms with Crippen LogP contribution in [-0.2, 0) is 6.54 Å². The Kier molecular flexibility index (Phi) is 5.32. The zero-order chi connectivity index (χ0) is 21.4. The van der Waals surface area contributed by atoms with E-state index in [-0.39, 0.29) is 11.7 Å². The number of nitrogens with zero attached hydrogens (tertiary/aromatic N) is 2. The van der Waals surface area contributed by atoms with Crippen molar-refractivity contribution in [1.29, 1.82) is 0 Å². The molecule has 6 nitrogen and oxygen atoms in total. The molecule has 8 heteroatoms. The molecule has 0 saturated heterocycles. The summed E-state index contributed by atoms with van der Waals surface area (Å²) in [6.45, 7) is 4.15. The molecule has 0 saturated carbocycles. The van der Waals surface area contributed by atoms with Gasteiger partial charge in [-0.25, -0.2) is 0 Å². The fourth-order valence-electron chi connectivity index (χ4n) is 3.21. The molecular weight excluding hydrogens is 420 g/mol. The highest BCUT2D eigenvalue weighted by Crippen LogP contribution is 2.35. The molecule has 1 amide bonds. The highest BCUT2D eigenvalue weighted by Gasteiger charge is 2.19. The summed E-state index contributed by atoms with van der Waals surface area (Å²) >= 11 is 7.47. The molecule has 152 valence electrons. The number of fused-ring (bicyclic) bond motifs is 1. The Morgan fingerprint density at radius 1 is 1.17 bits per heavy atom. The third kappa shape index (κ3) is 3.69. The first kappa shape index (κ1) is 20.1. The van der Waals surface area contributed by atoms with Crippen molar-refractivity contribution in [3.8, 4) is 16.9 Å². The van der Waals surface area contributed by atoms with E-state index < -0.39 is 0 Å². The largest absolute Gasteiger partial charge is 0.508 e. The van der Waals surface area contributed by atoms with Gasteiger partial charge in [-0.15, -0.1) is 16.4 Å². The maximum atomic E-state index is 12.7. The zero-order valence-corrected chi connectivity index (χ0v) is 17.9. The van der Waals surface area contributed by atoms with Crippen molar-refractivity contribution in [1.82, 2.24) is 15.5 Å². The number of aromatic nitrogens is 2. The van der Waals surface area contributed by atoms with Crippen LogP contribution in [0.4, 0.5) is 5.69 Å². The van der Waals surface area contributed by atoms with Gasteiger partial charge in [0.1, 0.15) is 15.5 Å². The highest BCUT2D eigenvalue weighted by atomic mass is 35.5. The molecule has 2 aromatic heterocycles. The first-order valence-electron chi connectivity index (χ1n) is 9.23. The predicted octanol–water partition coefficient (Wildman–Crippen LogP) is 4.85. The molecule has 0 spiro atoms. The Labute approximate surface area is 182 Å². The van der Waals surface area contributed by atoms with Crippen LogP contribution in [0.25, 0.3) is 21.3 Å². The van der Waals surface area contributed by atoms with Crippen molar-refractivity contribution < 1.29 is 9.90 Å². The number of aromatic hydroxyl groups is 1. The first-order valence-corrected chi connectivity index (χ1v) is 10.4. The van der Waals surface area contributed by atoms with Gasteiger partial charge in [-0.3, -0.25) is 4.79 Å². The molecule has 4 aromatic rings. The first-order chi connectivity index (χ1) is 14.3. The second kappa shape index (κ2) is 7.93. The number of anilines is 1. The van der Waals surface area contributed by atoms with Crippen molar-refractivity contribution in [3.63, 3.8) is 0 Å². The SMILES string of the molecule is Cc1nnc2sc(C(=O)NCc3ccc(-c4cc(O)ccc4Cl)cc3)c(N)c2c1C. The normalized spacial score (nSPS) is 11.0. The summed E-state index contributed by atoms with van der Waals surface area (Å²) in [7, 11) is 0. The van der Waals surface area contributed by atoms with E-state index in [4.69, 9.17) is 17.3 Å². The van der Waals surface area contributed by atoms with Crippen LogP contribution in [-0.4, -0.2) is 21.2 Å². The van der Waals surface area contributed by atoms with Crippen LogP contribution < -0.4 is 11.1 Å². The summed E-state index contributed by atoms with van der Waals surface area (Å²) in [5.74, 6) is -0.0885. The van der Waals surface area contributed by atoms with Gasteiger partial charge in [-0.05, 0) is 48.7 Å². The molecule has 2 aromatic carbocycles. The number of amides is 1. The number of phenols is 1. The molecule has 0 atom stereocenters. The van der Waals surface area contributed by atoms with Crippen LogP contribution in [0.3, 0.4) is 0 Å². The van der Waals surface area contributed by atoms with Gasteiger partial charge < -0.3 is 16.2 Å². The molecule has 30 heavy (non-hydrogen) atoms. The van der Waals surface area contributed by atoms with Gasteiger partial charge in [0, 0.05) is 22.5 Å². The molecule has 0 aliphatic rings. The third-order valence-electron chi connectivity index (χ3n) is 5.01. The molecule has 0 radical (unpaired) electrons. The van der Waals surface area contributed by atoms with Crippen molar-refractivity contribution in [2.45, 2.75) is 20.4 Å². The molecule has 0 aliphatic heterocycles. The van der Waals surface area contributed by atoms with Crippen molar-refractivity contribution in [2.75, 3.05) is 5.73 Å². The lowest BCUT2D eigenvalue weighted by Crippen LogP contribution is -2.22. The Hall–Kier alpha value is -3.16. The van der Waals surface area contributed by atoms with E-state index in [2.05, 4.69) is 15.5 Å². The number of thiophene rings is 1. The van der Waals surface area contributed by atoms with E-state index in [0.29, 0.717) is 27.0 Å². The lowest BCUT2D eigenvalue weighted by atomic mass is 10.0. The third-order valence-corrected chi connectivity index (χ3v) is 6.43. The molecule has 0 unspecified atom stereocenters. The van der Waals surface area contributed by atoms with Crippen LogP contribution in [0.15, 0.2) is 42.5 Å². The lowest BCUT2D eigenvalue weighted by Gasteiger charge is -2.08. The summed E-state index contributed by atoms with van der Waals surface area (Å²) in [6, 6.07) is 12.4. The van der Waals surface area contributed by atoms with Crippen molar-refractivity contribution in [2.24, 2.45) is 0 Å². The van der Waals surface area contributed by atoms with Gasteiger partial charge in [-0.1, -0.05) is 35.9 Å². The van der Waals surface area contributed by atoms with Gasteiger partial charge in [0.2, 0.25) is 0 Å². The summed E-state index contributed by atoms with van der Waals surface area (Å²) in [5.41, 5.74) is 11.0. The van der Waals surface area contributed by atoms with Crippen LogP contribution in [0.5, 0.6) is 5.75 Å². The van der Waals surface area contributed by atoms with Gasteiger partial charge >= 0.3 is 0 Å². The minimum absolute atomic E-state index is 0.154. The van der Waals surface area contributed by atoms with Crippen LogP contribution in [0.2, 0.25) is 5.02 Å². The standard InChI is InChI=1S/C22H19ClN4O2S/c1-11-12(2)26-27-22-18(11)19(24)20(30-22)21(29)25-10-13-3-5-14(6-4-13)16-9-15(28)7-8-17(16)23/h3-9,28H,10,24H2,1-2H3,(H,25,29). The van der Waals surface area contributed by atoms with Gasteiger partial charge in [0.15, 0.2) is 0 Å². The quantitative estimate of drug-likeness (QED) is 0.423. The molecule has 4 rings (SSSR count). The fourth-order valence-corrected chi connectivity index (χ4v) is 4.45. The highest BCUT2D eigenvalue weighted by molar-refractivity contribution is 7.21. The summed E-state index contributed by atoms with van der Waals surface area (Å²) in [4.78, 5) is 13.8. The minimum atomic E-state index is -0.243. The smallest absolute Gasteiger partial charge is 0.263 e. The Bertz CT molecular complexity index is 1270. The number of halogens is 1. The second-order valence-corrected chi connectivity index (χ2v) is 8.39. The fraction of sp³-hybridized carbons (Fsp3) is 0.136. The average molecular weight is 439 g/mol. The van der Waals surface area contributed by atoms with E-state index in [0.717, 1.165) is 33.3 Å². The minimum Gasteiger partial charge on any atom is -0.508 e. The van der Waals surface area contributed by atoms with E-state index in [1.165, 1.54) is 11.3 Å². The number of phenolic OH excluding ortho intramolecular Hbond substituents is 1. The van der Waals surface area contributed by atoms with Crippen molar-refractivity contribution in [3.05, 3.63) is 69.2 Å². The van der Waals surface area contributed by atoms with Gasteiger partial charge in [-0.2, -0.15) is 5.10 Å². The number of hydrogen-bond acceptors (Lipinski definition) is 6. The topological polar surface area (TPSA) is 101 Å². The molecule has 2 heterocycles. The Balaban J connectivity index is 1.51. The second-order valence-electron chi connectivity index (χ2n) is 6.98. The number of nitrogens with one attached hydrogen (secondary N) is 1. The Morgan fingerprint density at radius 2 is 1.90 bits per heavy atom. The summed E-state index contributed by atoms with van der Waals surface area (Å²) < 4.78 is 0. The Morgan fingerprint density at radius 3 is 2.63 bits per heavy atom. The van der Waals surface area contributed by atoms with Crippen LogP contribution in [0.1, 0.15) is 26.5 Å². The van der Waals surface area contributed by atoms with E-state index in [1.54, 1.807) is 18.2 Å². The maximum Gasteiger partial charge on any atom is 0.263 e. The summed E-state index contributed by atoms with van der Waals surface area (Å²) in [6.07, 6.45) is 0. The number of nitrogens with two attached hydrogens (primary N) is 1. The molecule has 0 aliphatic carbocycles. The lowest BCUT2D eigenvalue weighted by molar-refractivity contribution is 0.0956. The molecule has 0 fully saturated rings. The number of aryl methyl sites for hydroxylation is 2. The maximum absolute atomic E-state index is 12.7. The zero-order valence-electron chi connectivity index (χ0n) is 16.4. The van der Waals surface area contributed by atoms with Crippen molar-refractivity contribution >= 4 is 44.7 Å². The number of hydrogen-bond donors (Lipinski definition) is 3. The van der Waals surface area contributed by atoms with E-state index in [1.807, 2.05) is 38.1 Å². The summed E-state index contributed by atoms with van der Waals surface area (Å²) in [5, 5.41) is 22.2. The van der Waals surface area contributed by atoms with Gasteiger partial charge in [0.25, 0.3) is 5.91 Å².